The monoisotopic (exact) mass is 303 g/mol. The van der Waals surface area contributed by atoms with Gasteiger partial charge in [-0.3, -0.25) is 4.79 Å². The van der Waals surface area contributed by atoms with Crippen molar-refractivity contribution in [3.8, 4) is 0 Å². The van der Waals surface area contributed by atoms with Crippen LogP contribution in [0.2, 0.25) is 0 Å². The summed E-state index contributed by atoms with van der Waals surface area (Å²) in [5, 5.41) is 4.55. The van der Waals surface area contributed by atoms with Gasteiger partial charge < -0.3 is 10.6 Å². The maximum atomic E-state index is 13.0. The molecule has 0 aromatic heterocycles. The lowest BCUT2D eigenvalue weighted by Gasteiger charge is -2.29. The maximum Gasteiger partial charge on any atom is 0.404 e. The lowest BCUT2D eigenvalue weighted by molar-refractivity contribution is -0.215. The number of amides is 1. The van der Waals surface area contributed by atoms with E-state index in [1.807, 2.05) is 10.0 Å². The van der Waals surface area contributed by atoms with Crippen LogP contribution < -0.4 is 15.4 Å². The van der Waals surface area contributed by atoms with Crippen molar-refractivity contribution in [1.82, 2.24) is 15.4 Å². The molecule has 0 aromatic rings. The summed E-state index contributed by atoms with van der Waals surface area (Å²) < 4.78 is 63.1. The number of carbonyl (C=O) groups is 1. The van der Waals surface area contributed by atoms with Gasteiger partial charge in [0, 0.05) is 13.1 Å². The first-order valence-corrected chi connectivity index (χ1v) is 7.27. The summed E-state index contributed by atoms with van der Waals surface area (Å²) >= 11 is 0. The highest BCUT2D eigenvalue weighted by Gasteiger charge is 2.61. The van der Waals surface area contributed by atoms with Gasteiger partial charge in [0.05, 0.1) is 5.75 Å². The third-order valence-corrected chi connectivity index (χ3v) is 4.46. The molecular weight excluding hydrogens is 287 g/mol. The average Bonchev–Trinajstić information content (AvgIpc) is 2.78. The number of rotatable bonds is 5. The van der Waals surface area contributed by atoms with Crippen LogP contribution >= 0.6 is 0 Å². The van der Waals surface area contributed by atoms with Gasteiger partial charge >= 0.3 is 6.18 Å². The van der Waals surface area contributed by atoms with Gasteiger partial charge in [-0.25, -0.2) is 13.1 Å². The predicted molar refractivity (Wildman–Crippen MR) is 61.8 cm³/mol. The number of nitrogens with one attached hydrogen (secondary N) is 3. The fourth-order valence-corrected chi connectivity index (χ4v) is 2.40. The smallest absolute Gasteiger partial charge is 0.354 e. The molecule has 3 N–H and O–H groups in total. The van der Waals surface area contributed by atoms with Crippen molar-refractivity contribution in [2.45, 2.75) is 12.6 Å². The number of halogens is 3. The molecule has 1 fully saturated rings. The van der Waals surface area contributed by atoms with Crippen LogP contribution in [0.15, 0.2) is 0 Å². The summed E-state index contributed by atoms with van der Waals surface area (Å²) in [4.78, 5) is 11.7. The molecule has 1 aliphatic heterocycles. The molecule has 0 spiro atoms. The molecule has 0 aromatic carbocycles. The normalized spacial score (nSPS) is 24.4. The molecule has 1 saturated heterocycles. The standard InChI is InChI=1S/C9H16F3N3O3S/c1-13-19(17,18)5-4-15-7(16)8(9(10,11)12)2-3-14-6-8/h13-14H,2-6H2,1H3,(H,15,16). The van der Waals surface area contributed by atoms with Crippen molar-refractivity contribution in [3.05, 3.63) is 0 Å². The molecular formula is C9H16F3N3O3S. The van der Waals surface area contributed by atoms with E-state index in [0.29, 0.717) is 0 Å². The largest absolute Gasteiger partial charge is 0.404 e. The summed E-state index contributed by atoms with van der Waals surface area (Å²) in [6.07, 6.45) is -5.01. The number of alkyl halides is 3. The summed E-state index contributed by atoms with van der Waals surface area (Å²) in [6.45, 7) is -0.747. The first-order chi connectivity index (χ1) is 8.65. The third kappa shape index (κ3) is 3.57. The molecule has 6 nitrogen and oxygen atoms in total. The zero-order chi connectivity index (χ0) is 14.7. The van der Waals surface area contributed by atoms with Gasteiger partial charge in [0.2, 0.25) is 15.9 Å². The predicted octanol–water partition coefficient (Wildman–Crippen LogP) is -0.806. The highest BCUT2D eigenvalue weighted by molar-refractivity contribution is 7.89. The van der Waals surface area contributed by atoms with Crippen LogP contribution in [-0.2, 0) is 14.8 Å². The molecule has 112 valence electrons. The Morgan fingerprint density at radius 2 is 2.05 bits per heavy atom. The fourth-order valence-electron chi connectivity index (χ4n) is 1.83. The Morgan fingerprint density at radius 1 is 1.42 bits per heavy atom. The molecule has 19 heavy (non-hydrogen) atoms. The second kappa shape index (κ2) is 5.63. The van der Waals surface area contributed by atoms with Gasteiger partial charge in [0.25, 0.3) is 0 Å². The summed E-state index contributed by atoms with van der Waals surface area (Å²) in [6, 6.07) is 0. The van der Waals surface area contributed by atoms with E-state index in [1.165, 1.54) is 7.05 Å². The number of sulfonamides is 1. The van der Waals surface area contributed by atoms with Crippen molar-refractivity contribution >= 4 is 15.9 Å². The van der Waals surface area contributed by atoms with E-state index in [2.05, 4.69) is 5.32 Å². The van der Waals surface area contributed by atoms with Crippen LogP contribution in [0.1, 0.15) is 6.42 Å². The van der Waals surface area contributed by atoms with Crippen molar-refractivity contribution in [1.29, 1.82) is 0 Å². The van der Waals surface area contributed by atoms with Gasteiger partial charge in [-0.15, -0.1) is 0 Å². The van der Waals surface area contributed by atoms with E-state index in [4.69, 9.17) is 0 Å². The van der Waals surface area contributed by atoms with E-state index in [-0.39, 0.29) is 19.5 Å². The Balaban J connectivity index is 2.66. The molecule has 1 heterocycles. The van der Waals surface area contributed by atoms with Crippen molar-refractivity contribution in [3.63, 3.8) is 0 Å². The zero-order valence-electron chi connectivity index (χ0n) is 10.3. The molecule has 1 amide bonds. The van der Waals surface area contributed by atoms with Crippen LogP contribution in [0.4, 0.5) is 13.2 Å². The summed E-state index contributed by atoms with van der Waals surface area (Å²) in [5.74, 6) is -1.65. The second-order valence-corrected chi connectivity index (χ2v) is 6.33. The molecule has 1 atom stereocenters. The maximum absolute atomic E-state index is 13.0. The van der Waals surface area contributed by atoms with Crippen LogP contribution in [0.5, 0.6) is 0 Å². The topological polar surface area (TPSA) is 87.3 Å². The molecule has 0 saturated carbocycles. The molecule has 0 bridgehead atoms. The summed E-state index contributed by atoms with van der Waals surface area (Å²) in [7, 11) is -2.37. The van der Waals surface area contributed by atoms with Crippen molar-refractivity contribution < 1.29 is 26.4 Å². The number of hydrogen-bond acceptors (Lipinski definition) is 4. The SMILES string of the molecule is CNS(=O)(=O)CCNC(=O)C1(C(F)(F)F)CCNC1. The van der Waals surface area contributed by atoms with Gasteiger partial charge in [0.15, 0.2) is 5.41 Å². The average molecular weight is 303 g/mol. The Kier molecular flexibility index (Phi) is 4.80. The molecule has 10 heteroatoms. The molecule has 1 rings (SSSR count). The first-order valence-electron chi connectivity index (χ1n) is 5.61. The lowest BCUT2D eigenvalue weighted by Crippen LogP contribution is -2.53. The minimum absolute atomic E-state index is 0.0990. The molecule has 0 aliphatic carbocycles. The van der Waals surface area contributed by atoms with Crippen LogP contribution in [0, 0.1) is 5.41 Å². The lowest BCUT2D eigenvalue weighted by atomic mass is 9.85. The molecule has 0 radical (unpaired) electrons. The Labute approximate surface area is 109 Å². The Hall–Kier alpha value is -0.870. The zero-order valence-corrected chi connectivity index (χ0v) is 11.1. The van der Waals surface area contributed by atoms with E-state index in [0.717, 1.165) is 0 Å². The fraction of sp³-hybridized carbons (Fsp3) is 0.889. The van der Waals surface area contributed by atoms with Crippen LogP contribution in [0.25, 0.3) is 0 Å². The van der Waals surface area contributed by atoms with E-state index >= 15 is 0 Å². The molecule has 1 aliphatic rings. The van der Waals surface area contributed by atoms with E-state index in [1.54, 1.807) is 0 Å². The highest BCUT2D eigenvalue weighted by atomic mass is 32.2. The van der Waals surface area contributed by atoms with Crippen molar-refractivity contribution in [2.75, 3.05) is 32.4 Å². The summed E-state index contributed by atoms with van der Waals surface area (Å²) in [5.41, 5.74) is -2.46. The van der Waals surface area contributed by atoms with Gasteiger partial charge in [-0.1, -0.05) is 0 Å². The Morgan fingerprint density at radius 3 is 2.47 bits per heavy atom. The van der Waals surface area contributed by atoms with Gasteiger partial charge in [0.1, 0.15) is 0 Å². The van der Waals surface area contributed by atoms with Crippen LogP contribution in [0.3, 0.4) is 0 Å². The van der Waals surface area contributed by atoms with Gasteiger partial charge in [-0.05, 0) is 20.0 Å². The van der Waals surface area contributed by atoms with E-state index in [9.17, 15) is 26.4 Å². The number of hydrogen-bond donors (Lipinski definition) is 3. The van der Waals surface area contributed by atoms with Crippen molar-refractivity contribution in [2.24, 2.45) is 5.41 Å². The minimum atomic E-state index is -4.66. The van der Waals surface area contributed by atoms with Gasteiger partial charge in [-0.2, -0.15) is 13.2 Å². The number of carbonyl (C=O) groups excluding carboxylic acids is 1. The minimum Gasteiger partial charge on any atom is -0.354 e. The first kappa shape index (κ1) is 16.2. The molecule has 1 unspecified atom stereocenters. The quantitative estimate of drug-likeness (QED) is 0.620. The highest BCUT2D eigenvalue weighted by Crippen LogP contribution is 2.43. The Bertz CT molecular complexity index is 430. The third-order valence-electron chi connectivity index (χ3n) is 3.10. The van der Waals surface area contributed by atoms with Crippen LogP contribution in [-0.4, -0.2) is 52.9 Å². The van der Waals surface area contributed by atoms with E-state index < -0.39 is 39.8 Å². The second-order valence-electron chi connectivity index (χ2n) is 4.29.